The smallest absolute Gasteiger partial charge is 0.252 e. The molecule has 0 radical (unpaired) electrons. The summed E-state index contributed by atoms with van der Waals surface area (Å²) in [4.78, 5) is 23.6. The third-order valence-electron chi connectivity index (χ3n) is 3.71. The fraction of sp³-hybridized carbons (Fsp3) is 0.571. The first-order valence-corrected chi connectivity index (χ1v) is 10.2. The van der Waals surface area contributed by atoms with Crippen LogP contribution in [0.2, 0.25) is 0 Å². The molecule has 2 heterocycles. The van der Waals surface area contributed by atoms with Gasteiger partial charge in [-0.2, -0.15) is 11.3 Å². The van der Waals surface area contributed by atoms with Gasteiger partial charge in [0, 0.05) is 43.0 Å². The number of hydrogen-bond donors (Lipinski definition) is 2. The second-order valence-corrected chi connectivity index (χ2v) is 8.28. The van der Waals surface area contributed by atoms with Gasteiger partial charge in [-0.1, -0.05) is 0 Å². The topological polar surface area (TPSA) is 95.6 Å². The van der Waals surface area contributed by atoms with Gasteiger partial charge in [-0.05, 0) is 24.3 Å². The van der Waals surface area contributed by atoms with Gasteiger partial charge in [-0.15, -0.1) is 0 Å². The largest absolute Gasteiger partial charge is 0.353 e. The lowest BCUT2D eigenvalue weighted by atomic mass is 10.1. The Morgan fingerprint density at radius 2 is 2.04 bits per heavy atom. The average molecular weight is 359 g/mol. The number of carbonyl (C=O) groups is 2. The number of rotatable bonds is 6. The zero-order valence-electron chi connectivity index (χ0n) is 12.9. The molecule has 1 saturated heterocycles. The van der Waals surface area contributed by atoms with Crippen molar-refractivity contribution in [2.75, 3.05) is 25.9 Å². The highest BCUT2D eigenvalue weighted by Crippen LogP contribution is 2.13. The molecule has 2 N–H and O–H groups in total. The van der Waals surface area contributed by atoms with Gasteiger partial charge in [0.1, 0.15) is 0 Å². The standard InChI is InChI=1S/C14H21N3O4S2/c1-23(20,21)17-7-3-12(4-8-17)16-13(18)2-6-15-14(19)11-5-9-22-10-11/h5,9-10,12H,2-4,6-8H2,1H3,(H,15,19)(H,16,18). The van der Waals surface area contributed by atoms with Crippen molar-refractivity contribution in [2.24, 2.45) is 0 Å². The van der Waals surface area contributed by atoms with Crippen molar-refractivity contribution in [3.8, 4) is 0 Å². The fourth-order valence-electron chi connectivity index (χ4n) is 2.42. The molecule has 1 aromatic heterocycles. The Kier molecular flexibility index (Phi) is 6.14. The van der Waals surface area contributed by atoms with Crippen LogP contribution in [0.4, 0.5) is 0 Å². The highest BCUT2D eigenvalue weighted by molar-refractivity contribution is 7.88. The molecule has 2 rings (SSSR count). The van der Waals surface area contributed by atoms with Gasteiger partial charge >= 0.3 is 0 Å². The van der Waals surface area contributed by atoms with Crippen LogP contribution in [0.15, 0.2) is 16.8 Å². The predicted octanol–water partition coefficient (Wildman–Crippen LogP) is 0.408. The van der Waals surface area contributed by atoms with E-state index in [-0.39, 0.29) is 30.8 Å². The SMILES string of the molecule is CS(=O)(=O)N1CCC(NC(=O)CCNC(=O)c2ccsc2)CC1. The Morgan fingerprint density at radius 1 is 1.35 bits per heavy atom. The number of thiophene rings is 1. The summed E-state index contributed by atoms with van der Waals surface area (Å²) in [5.74, 6) is -0.311. The van der Waals surface area contributed by atoms with Crippen molar-refractivity contribution >= 4 is 33.2 Å². The van der Waals surface area contributed by atoms with Crippen molar-refractivity contribution in [3.63, 3.8) is 0 Å². The zero-order valence-corrected chi connectivity index (χ0v) is 14.6. The minimum Gasteiger partial charge on any atom is -0.353 e. The summed E-state index contributed by atoms with van der Waals surface area (Å²) in [7, 11) is -3.15. The van der Waals surface area contributed by atoms with Crippen LogP contribution >= 0.6 is 11.3 Å². The van der Waals surface area contributed by atoms with Gasteiger partial charge in [-0.25, -0.2) is 12.7 Å². The molecular weight excluding hydrogens is 338 g/mol. The Balaban J connectivity index is 1.65. The predicted molar refractivity (Wildman–Crippen MR) is 88.9 cm³/mol. The number of sulfonamides is 1. The molecule has 2 amide bonds. The fourth-order valence-corrected chi connectivity index (χ4v) is 3.93. The molecule has 0 atom stereocenters. The molecule has 1 aliphatic heterocycles. The van der Waals surface area contributed by atoms with Crippen LogP contribution in [0, 0.1) is 0 Å². The Labute approximate surface area is 140 Å². The van der Waals surface area contributed by atoms with Gasteiger partial charge < -0.3 is 10.6 Å². The minimum absolute atomic E-state index is 0.00641. The van der Waals surface area contributed by atoms with Gasteiger partial charge in [0.15, 0.2) is 0 Å². The van der Waals surface area contributed by atoms with E-state index in [0.29, 0.717) is 31.5 Å². The van der Waals surface area contributed by atoms with E-state index in [1.54, 1.807) is 11.4 Å². The molecule has 7 nitrogen and oxygen atoms in total. The average Bonchev–Trinajstić information content (AvgIpc) is 3.01. The van der Waals surface area contributed by atoms with Crippen LogP contribution in [-0.2, 0) is 14.8 Å². The second kappa shape index (κ2) is 7.89. The summed E-state index contributed by atoms with van der Waals surface area (Å²) in [6, 6.07) is 1.73. The Hall–Kier alpha value is -1.45. The Bertz CT molecular complexity index is 635. The van der Waals surface area contributed by atoms with E-state index >= 15 is 0 Å². The third kappa shape index (κ3) is 5.60. The monoisotopic (exact) mass is 359 g/mol. The molecule has 0 spiro atoms. The van der Waals surface area contributed by atoms with Crippen molar-refractivity contribution in [1.82, 2.24) is 14.9 Å². The first kappa shape index (κ1) is 17.9. The van der Waals surface area contributed by atoms with E-state index in [1.807, 2.05) is 5.38 Å². The Morgan fingerprint density at radius 3 is 2.61 bits per heavy atom. The van der Waals surface area contributed by atoms with Crippen LogP contribution in [-0.4, -0.2) is 56.5 Å². The first-order chi connectivity index (χ1) is 10.9. The van der Waals surface area contributed by atoms with E-state index in [0.717, 1.165) is 0 Å². The quantitative estimate of drug-likeness (QED) is 0.769. The number of piperidine rings is 1. The summed E-state index contributed by atoms with van der Waals surface area (Å²) in [5, 5.41) is 9.17. The minimum atomic E-state index is -3.15. The van der Waals surface area contributed by atoms with Crippen LogP contribution in [0.3, 0.4) is 0 Å². The molecular formula is C14H21N3O4S2. The van der Waals surface area contributed by atoms with Gasteiger partial charge in [0.2, 0.25) is 15.9 Å². The number of hydrogen-bond acceptors (Lipinski definition) is 5. The molecule has 1 fully saturated rings. The van der Waals surface area contributed by atoms with Gasteiger partial charge in [-0.3, -0.25) is 9.59 Å². The van der Waals surface area contributed by atoms with Crippen LogP contribution < -0.4 is 10.6 Å². The first-order valence-electron chi connectivity index (χ1n) is 7.41. The molecule has 1 aromatic rings. The highest BCUT2D eigenvalue weighted by atomic mass is 32.2. The van der Waals surface area contributed by atoms with E-state index in [9.17, 15) is 18.0 Å². The second-order valence-electron chi connectivity index (χ2n) is 5.52. The maximum Gasteiger partial charge on any atom is 0.252 e. The van der Waals surface area contributed by atoms with Crippen LogP contribution in [0.25, 0.3) is 0 Å². The normalized spacial score (nSPS) is 16.9. The summed E-state index contributed by atoms with van der Waals surface area (Å²) >= 11 is 1.45. The van der Waals surface area contributed by atoms with E-state index in [1.165, 1.54) is 21.9 Å². The molecule has 0 bridgehead atoms. The molecule has 128 valence electrons. The van der Waals surface area contributed by atoms with Crippen LogP contribution in [0.1, 0.15) is 29.6 Å². The molecule has 0 saturated carbocycles. The number of amides is 2. The summed E-state index contributed by atoms with van der Waals surface area (Å²) in [6.07, 6.45) is 2.63. The van der Waals surface area contributed by atoms with Gasteiger partial charge in [0.25, 0.3) is 5.91 Å². The van der Waals surface area contributed by atoms with Crippen molar-refractivity contribution in [2.45, 2.75) is 25.3 Å². The molecule has 1 aliphatic rings. The van der Waals surface area contributed by atoms with E-state index in [2.05, 4.69) is 10.6 Å². The lowest BCUT2D eigenvalue weighted by molar-refractivity contribution is -0.121. The van der Waals surface area contributed by atoms with Crippen molar-refractivity contribution < 1.29 is 18.0 Å². The molecule has 23 heavy (non-hydrogen) atoms. The lowest BCUT2D eigenvalue weighted by Crippen LogP contribution is -2.46. The van der Waals surface area contributed by atoms with Crippen molar-refractivity contribution in [1.29, 1.82) is 0 Å². The third-order valence-corrected chi connectivity index (χ3v) is 5.70. The molecule has 9 heteroatoms. The summed E-state index contributed by atoms with van der Waals surface area (Å²) < 4.78 is 24.3. The summed E-state index contributed by atoms with van der Waals surface area (Å²) in [5.41, 5.74) is 0.601. The zero-order chi connectivity index (χ0) is 16.9. The summed E-state index contributed by atoms with van der Waals surface area (Å²) in [6.45, 7) is 1.14. The number of nitrogens with one attached hydrogen (secondary N) is 2. The van der Waals surface area contributed by atoms with Gasteiger partial charge in [0.05, 0.1) is 6.26 Å². The lowest BCUT2D eigenvalue weighted by Gasteiger charge is -2.30. The molecule has 0 aromatic carbocycles. The van der Waals surface area contributed by atoms with E-state index < -0.39 is 10.0 Å². The number of carbonyl (C=O) groups excluding carboxylic acids is 2. The van der Waals surface area contributed by atoms with E-state index in [4.69, 9.17) is 0 Å². The van der Waals surface area contributed by atoms with Crippen LogP contribution in [0.5, 0.6) is 0 Å². The van der Waals surface area contributed by atoms with Crippen molar-refractivity contribution in [3.05, 3.63) is 22.4 Å². The number of nitrogens with zero attached hydrogens (tertiary/aromatic N) is 1. The maximum atomic E-state index is 11.9. The maximum absolute atomic E-state index is 11.9. The highest BCUT2D eigenvalue weighted by Gasteiger charge is 2.25. The molecule has 0 unspecified atom stereocenters. The molecule has 0 aliphatic carbocycles.